The van der Waals surface area contributed by atoms with Crippen LogP contribution in [0.25, 0.3) is 0 Å². The number of para-hydroxylation sites is 1. The van der Waals surface area contributed by atoms with Gasteiger partial charge in [0.15, 0.2) is 0 Å². The van der Waals surface area contributed by atoms with E-state index in [2.05, 4.69) is 21.9 Å². The van der Waals surface area contributed by atoms with Gasteiger partial charge in [0.05, 0.1) is 6.61 Å². The molecule has 0 amide bonds. The lowest BCUT2D eigenvalue weighted by Crippen LogP contribution is -2.15. The predicted molar refractivity (Wildman–Crippen MR) is 76.7 cm³/mol. The summed E-state index contributed by atoms with van der Waals surface area (Å²) in [7, 11) is -0.910. The summed E-state index contributed by atoms with van der Waals surface area (Å²) in [5.74, 6) is -0.231. The molecular weight excluding hydrogens is 262 g/mol. The third-order valence-electron chi connectivity index (χ3n) is 2.86. The van der Waals surface area contributed by atoms with Gasteiger partial charge in [-0.1, -0.05) is 18.2 Å². The molecule has 19 heavy (non-hydrogen) atoms. The van der Waals surface area contributed by atoms with Gasteiger partial charge in [0, 0.05) is 17.9 Å². The Bertz CT molecular complexity index is 535. The maximum absolute atomic E-state index is 12.9. The molecule has 0 aromatic heterocycles. The third-order valence-corrected chi connectivity index (χ3v) is 4.61. The molecule has 98 valence electrons. The second-order valence-electron chi connectivity index (χ2n) is 4.18. The van der Waals surface area contributed by atoms with Crippen molar-refractivity contribution in [2.45, 2.75) is 0 Å². The van der Waals surface area contributed by atoms with E-state index < -0.39 is 8.45 Å². The average Bonchev–Trinajstić information content (AvgIpc) is 2.90. The Morgan fingerprint density at radius 2 is 1.79 bits per heavy atom. The first-order valence-corrected chi connectivity index (χ1v) is 7.32. The number of nitrogens with one attached hydrogen (secondary N) is 1. The van der Waals surface area contributed by atoms with Crippen molar-refractivity contribution in [1.82, 2.24) is 0 Å². The standard InChI is InChI=1S/C14H14FN2OP/c15-12-6-8-13(9-7-12)16-19-17(10-11-18-19)14-4-2-1-3-5-14/h1-9,16H,10-11H2. The fraction of sp³-hybridized carbons (Fsp3) is 0.143. The summed E-state index contributed by atoms with van der Waals surface area (Å²) < 4.78 is 20.8. The van der Waals surface area contributed by atoms with E-state index in [1.165, 1.54) is 12.1 Å². The van der Waals surface area contributed by atoms with Crippen LogP contribution in [0, 0.1) is 5.82 Å². The minimum atomic E-state index is -0.910. The summed E-state index contributed by atoms with van der Waals surface area (Å²) in [4.78, 5) is 0. The highest BCUT2D eigenvalue weighted by Crippen LogP contribution is 2.48. The largest absolute Gasteiger partial charge is 0.325 e. The molecule has 0 radical (unpaired) electrons. The van der Waals surface area contributed by atoms with Crippen molar-refractivity contribution in [1.29, 1.82) is 0 Å². The highest BCUT2D eigenvalue weighted by atomic mass is 31.2. The number of anilines is 2. The number of hydrogen-bond acceptors (Lipinski definition) is 3. The molecule has 2 aromatic rings. The van der Waals surface area contributed by atoms with Crippen LogP contribution in [0.5, 0.6) is 0 Å². The molecule has 3 rings (SSSR count). The number of nitrogens with zero attached hydrogens (tertiary/aromatic N) is 1. The molecule has 1 fully saturated rings. The number of halogens is 1. The van der Waals surface area contributed by atoms with Crippen LogP contribution in [0.3, 0.4) is 0 Å². The molecule has 1 N–H and O–H groups in total. The molecule has 1 aliphatic rings. The molecule has 1 saturated heterocycles. The van der Waals surface area contributed by atoms with E-state index in [1.54, 1.807) is 12.1 Å². The van der Waals surface area contributed by atoms with Gasteiger partial charge in [0.2, 0.25) is 8.45 Å². The molecule has 1 aliphatic heterocycles. The SMILES string of the molecule is Fc1ccc(NP2OCCN2c2ccccc2)cc1. The number of hydrogen-bond donors (Lipinski definition) is 1. The van der Waals surface area contributed by atoms with Crippen LogP contribution < -0.4 is 9.76 Å². The average molecular weight is 276 g/mol. The summed E-state index contributed by atoms with van der Waals surface area (Å²) in [5, 5.41) is 3.32. The minimum absolute atomic E-state index is 0.231. The van der Waals surface area contributed by atoms with Gasteiger partial charge < -0.3 is 14.3 Å². The van der Waals surface area contributed by atoms with Gasteiger partial charge >= 0.3 is 0 Å². The third kappa shape index (κ3) is 2.86. The fourth-order valence-electron chi connectivity index (χ4n) is 1.94. The Hall–Kier alpha value is -1.64. The van der Waals surface area contributed by atoms with Gasteiger partial charge in [-0.2, -0.15) is 0 Å². The first-order valence-electron chi connectivity index (χ1n) is 6.11. The van der Waals surface area contributed by atoms with E-state index in [0.717, 1.165) is 17.9 Å². The van der Waals surface area contributed by atoms with Crippen molar-refractivity contribution in [2.24, 2.45) is 0 Å². The van der Waals surface area contributed by atoms with Crippen molar-refractivity contribution in [3.05, 3.63) is 60.4 Å². The monoisotopic (exact) mass is 276 g/mol. The summed E-state index contributed by atoms with van der Waals surface area (Å²) in [6.07, 6.45) is 0. The molecule has 0 spiro atoms. The fourth-order valence-corrected chi connectivity index (χ4v) is 3.49. The summed E-state index contributed by atoms with van der Waals surface area (Å²) in [6.45, 7) is 1.57. The van der Waals surface area contributed by atoms with E-state index in [-0.39, 0.29) is 5.82 Å². The van der Waals surface area contributed by atoms with Crippen molar-refractivity contribution in [3.8, 4) is 0 Å². The zero-order chi connectivity index (χ0) is 13.1. The maximum atomic E-state index is 12.9. The maximum Gasteiger partial charge on any atom is 0.245 e. The van der Waals surface area contributed by atoms with E-state index in [4.69, 9.17) is 4.52 Å². The molecule has 1 unspecified atom stereocenters. The first kappa shape index (κ1) is 12.4. The minimum Gasteiger partial charge on any atom is -0.325 e. The van der Waals surface area contributed by atoms with Crippen LogP contribution in [0.1, 0.15) is 0 Å². The Labute approximate surface area is 113 Å². The summed E-state index contributed by atoms with van der Waals surface area (Å²) in [5.41, 5.74) is 2.01. The van der Waals surface area contributed by atoms with Crippen LogP contribution in [-0.2, 0) is 4.52 Å². The van der Waals surface area contributed by atoms with Gasteiger partial charge in [-0.3, -0.25) is 0 Å². The summed E-state index contributed by atoms with van der Waals surface area (Å²) in [6, 6.07) is 16.5. The second-order valence-corrected chi connectivity index (χ2v) is 5.69. The molecular formula is C14H14FN2OP. The highest BCUT2D eigenvalue weighted by molar-refractivity contribution is 7.56. The van der Waals surface area contributed by atoms with E-state index in [9.17, 15) is 4.39 Å². The van der Waals surface area contributed by atoms with Gasteiger partial charge in [0.1, 0.15) is 5.82 Å². The van der Waals surface area contributed by atoms with Crippen LogP contribution >= 0.6 is 8.45 Å². The molecule has 0 saturated carbocycles. The lowest BCUT2D eigenvalue weighted by molar-refractivity contribution is 0.400. The lowest BCUT2D eigenvalue weighted by Gasteiger charge is -2.24. The van der Waals surface area contributed by atoms with E-state index in [0.29, 0.717) is 6.61 Å². The van der Waals surface area contributed by atoms with Crippen molar-refractivity contribution >= 4 is 19.8 Å². The van der Waals surface area contributed by atoms with Crippen LogP contribution in [0.4, 0.5) is 15.8 Å². The normalized spacial score (nSPS) is 18.6. The van der Waals surface area contributed by atoms with Gasteiger partial charge in [-0.25, -0.2) is 4.39 Å². The van der Waals surface area contributed by atoms with Crippen molar-refractivity contribution in [3.63, 3.8) is 0 Å². The smallest absolute Gasteiger partial charge is 0.245 e. The molecule has 1 heterocycles. The van der Waals surface area contributed by atoms with Gasteiger partial charge in [0.25, 0.3) is 0 Å². The van der Waals surface area contributed by atoms with E-state index in [1.807, 2.05) is 18.2 Å². The van der Waals surface area contributed by atoms with Gasteiger partial charge in [-0.15, -0.1) is 0 Å². The Kier molecular flexibility index (Phi) is 3.62. The first-order chi connectivity index (χ1) is 9.33. The lowest BCUT2D eigenvalue weighted by atomic mass is 10.3. The Balaban J connectivity index is 1.75. The number of benzene rings is 2. The molecule has 0 aliphatic carbocycles. The summed E-state index contributed by atoms with van der Waals surface area (Å²) >= 11 is 0. The topological polar surface area (TPSA) is 24.5 Å². The van der Waals surface area contributed by atoms with Gasteiger partial charge in [-0.05, 0) is 36.4 Å². The quantitative estimate of drug-likeness (QED) is 0.857. The molecule has 3 nitrogen and oxygen atoms in total. The molecule has 1 atom stereocenters. The Morgan fingerprint density at radius 3 is 2.53 bits per heavy atom. The molecule has 2 aromatic carbocycles. The zero-order valence-electron chi connectivity index (χ0n) is 10.3. The number of rotatable bonds is 3. The van der Waals surface area contributed by atoms with Crippen LogP contribution in [0.15, 0.2) is 54.6 Å². The molecule has 5 heteroatoms. The molecule has 0 bridgehead atoms. The van der Waals surface area contributed by atoms with Crippen molar-refractivity contribution in [2.75, 3.05) is 22.9 Å². The highest BCUT2D eigenvalue weighted by Gasteiger charge is 2.26. The zero-order valence-corrected chi connectivity index (χ0v) is 11.2. The Morgan fingerprint density at radius 1 is 1.05 bits per heavy atom. The van der Waals surface area contributed by atoms with E-state index >= 15 is 0 Å². The van der Waals surface area contributed by atoms with Crippen LogP contribution in [0.2, 0.25) is 0 Å². The van der Waals surface area contributed by atoms with Crippen molar-refractivity contribution < 1.29 is 8.91 Å². The predicted octanol–water partition coefficient (Wildman–Crippen LogP) is 4.00. The second kappa shape index (κ2) is 5.55. The van der Waals surface area contributed by atoms with Crippen LogP contribution in [-0.4, -0.2) is 13.2 Å².